The molecule has 0 unspecified atom stereocenters. The minimum Gasteiger partial charge on any atom is -0.457 e. The van der Waals surface area contributed by atoms with E-state index in [4.69, 9.17) is 4.74 Å². The Morgan fingerprint density at radius 2 is 1.20 bits per heavy atom. The van der Waals surface area contributed by atoms with Gasteiger partial charge in [-0.05, 0) is 47.9 Å². The summed E-state index contributed by atoms with van der Waals surface area (Å²) in [5.41, 5.74) is 3.76. The highest BCUT2D eigenvalue weighted by atomic mass is 16.5. The van der Waals surface area contributed by atoms with Crippen molar-refractivity contribution in [2.24, 2.45) is 0 Å². The zero-order valence-corrected chi connectivity index (χ0v) is 11.4. The molecule has 0 N–H and O–H groups in total. The molecule has 3 aromatic carbocycles. The Morgan fingerprint density at radius 3 is 1.90 bits per heavy atom. The molecule has 0 aromatic heterocycles. The summed E-state index contributed by atoms with van der Waals surface area (Å²) < 4.78 is 5.80. The molecular formula is C19H16O. The van der Waals surface area contributed by atoms with E-state index < -0.39 is 0 Å². The van der Waals surface area contributed by atoms with Gasteiger partial charge in [-0.25, -0.2) is 0 Å². The Kier molecular flexibility index (Phi) is 3.51. The molecular weight excluding hydrogens is 244 g/mol. The summed E-state index contributed by atoms with van der Waals surface area (Å²) in [5, 5.41) is 0. The van der Waals surface area contributed by atoms with Crippen LogP contribution in [0.15, 0.2) is 78.9 Å². The van der Waals surface area contributed by atoms with E-state index >= 15 is 0 Å². The maximum atomic E-state index is 5.80. The lowest BCUT2D eigenvalue weighted by atomic mass is 10.0. The molecule has 0 atom stereocenters. The van der Waals surface area contributed by atoms with Gasteiger partial charge in [0, 0.05) is 0 Å². The Morgan fingerprint density at radius 1 is 0.600 bits per heavy atom. The summed E-state index contributed by atoms with van der Waals surface area (Å²) in [5.74, 6) is 1.71. The maximum absolute atomic E-state index is 5.80. The van der Waals surface area contributed by atoms with Crippen molar-refractivity contribution in [3.63, 3.8) is 0 Å². The van der Waals surface area contributed by atoms with Gasteiger partial charge in [0.1, 0.15) is 11.5 Å². The fraction of sp³-hybridized carbons (Fsp3) is 0.0526. The first-order valence-corrected chi connectivity index (χ1v) is 6.72. The van der Waals surface area contributed by atoms with E-state index in [2.05, 4.69) is 43.3 Å². The van der Waals surface area contributed by atoms with Crippen LogP contribution in [0.5, 0.6) is 11.5 Å². The first kappa shape index (κ1) is 12.5. The third-order valence-electron chi connectivity index (χ3n) is 3.29. The van der Waals surface area contributed by atoms with E-state index in [0.717, 1.165) is 11.5 Å². The standard InChI is InChI=1S/C19H16O/c1-15-7-5-6-10-19(15)16-11-13-18(14-12-16)20-17-8-3-2-4-9-17/h2-14H,1H3. The fourth-order valence-electron chi connectivity index (χ4n) is 2.22. The van der Waals surface area contributed by atoms with Gasteiger partial charge in [-0.1, -0.05) is 54.6 Å². The van der Waals surface area contributed by atoms with E-state index in [0.29, 0.717) is 0 Å². The van der Waals surface area contributed by atoms with Gasteiger partial charge in [0.2, 0.25) is 0 Å². The van der Waals surface area contributed by atoms with Gasteiger partial charge >= 0.3 is 0 Å². The smallest absolute Gasteiger partial charge is 0.127 e. The second-order valence-electron chi connectivity index (χ2n) is 4.75. The van der Waals surface area contributed by atoms with Gasteiger partial charge in [0.25, 0.3) is 0 Å². The van der Waals surface area contributed by atoms with Crippen molar-refractivity contribution in [3.8, 4) is 22.6 Å². The third-order valence-corrected chi connectivity index (χ3v) is 3.29. The van der Waals surface area contributed by atoms with E-state index in [-0.39, 0.29) is 0 Å². The van der Waals surface area contributed by atoms with Crippen LogP contribution in [-0.4, -0.2) is 0 Å². The molecule has 0 amide bonds. The normalized spacial score (nSPS) is 10.2. The zero-order valence-electron chi connectivity index (χ0n) is 11.4. The Balaban J connectivity index is 1.83. The number of aryl methyl sites for hydroxylation is 1. The highest BCUT2D eigenvalue weighted by Crippen LogP contribution is 2.27. The van der Waals surface area contributed by atoms with Crippen LogP contribution < -0.4 is 4.74 Å². The molecule has 0 bridgehead atoms. The summed E-state index contributed by atoms with van der Waals surface area (Å²) >= 11 is 0. The number of hydrogen-bond acceptors (Lipinski definition) is 1. The molecule has 0 spiro atoms. The lowest BCUT2D eigenvalue weighted by molar-refractivity contribution is 0.483. The van der Waals surface area contributed by atoms with Gasteiger partial charge in [-0.3, -0.25) is 0 Å². The minimum absolute atomic E-state index is 0.855. The van der Waals surface area contributed by atoms with Gasteiger partial charge < -0.3 is 4.74 Å². The molecule has 98 valence electrons. The SMILES string of the molecule is Cc1ccccc1-c1ccc(Oc2ccccc2)cc1. The molecule has 1 nitrogen and oxygen atoms in total. The summed E-state index contributed by atoms with van der Waals surface area (Å²) in [6.45, 7) is 2.13. The first-order valence-electron chi connectivity index (χ1n) is 6.72. The van der Waals surface area contributed by atoms with Crippen LogP contribution in [0.25, 0.3) is 11.1 Å². The van der Waals surface area contributed by atoms with Gasteiger partial charge in [-0.15, -0.1) is 0 Å². The summed E-state index contributed by atoms with van der Waals surface area (Å²) in [6.07, 6.45) is 0. The molecule has 0 aliphatic heterocycles. The van der Waals surface area contributed by atoms with Crippen LogP contribution in [0.1, 0.15) is 5.56 Å². The van der Waals surface area contributed by atoms with Crippen LogP contribution in [0.4, 0.5) is 0 Å². The molecule has 0 aliphatic rings. The average molecular weight is 260 g/mol. The number of rotatable bonds is 3. The van der Waals surface area contributed by atoms with E-state index in [1.54, 1.807) is 0 Å². The minimum atomic E-state index is 0.855. The molecule has 0 radical (unpaired) electrons. The Labute approximate surface area is 119 Å². The van der Waals surface area contributed by atoms with Gasteiger partial charge in [0.05, 0.1) is 0 Å². The van der Waals surface area contributed by atoms with E-state index in [1.165, 1.54) is 16.7 Å². The van der Waals surface area contributed by atoms with Crippen molar-refractivity contribution in [1.29, 1.82) is 0 Å². The molecule has 0 fully saturated rings. The van der Waals surface area contributed by atoms with Crippen molar-refractivity contribution < 1.29 is 4.74 Å². The second-order valence-corrected chi connectivity index (χ2v) is 4.75. The predicted octanol–water partition coefficient (Wildman–Crippen LogP) is 5.45. The highest BCUT2D eigenvalue weighted by molar-refractivity contribution is 5.67. The van der Waals surface area contributed by atoms with Gasteiger partial charge in [0.15, 0.2) is 0 Å². The topological polar surface area (TPSA) is 9.23 Å². The Hall–Kier alpha value is -2.54. The molecule has 1 heteroatoms. The molecule has 0 heterocycles. The van der Waals surface area contributed by atoms with Crippen molar-refractivity contribution in [3.05, 3.63) is 84.4 Å². The number of benzene rings is 3. The maximum Gasteiger partial charge on any atom is 0.127 e. The van der Waals surface area contributed by atoms with Crippen LogP contribution in [0, 0.1) is 6.92 Å². The molecule has 0 saturated heterocycles. The van der Waals surface area contributed by atoms with Crippen LogP contribution in [-0.2, 0) is 0 Å². The molecule has 3 aromatic rings. The largest absolute Gasteiger partial charge is 0.457 e. The van der Waals surface area contributed by atoms with E-state index in [9.17, 15) is 0 Å². The van der Waals surface area contributed by atoms with E-state index in [1.807, 2.05) is 42.5 Å². The van der Waals surface area contributed by atoms with Crippen LogP contribution in [0.2, 0.25) is 0 Å². The summed E-state index contributed by atoms with van der Waals surface area (Å²) in [7, 11) is 0. The van der Waals surface area contributed by atoms with Crippen molar-refractivity contribution in [2.45, 2.75) is 6.92 Å². The van der Waals surface area contributed by atoms with Crippen molar-refractivity contribution in [2.75, 3.05) is 0 Å². The fourth-order valence-corrected chi connectivity index (χ4v) is 2.22. The predicted molar refractivity (Wildman–Crippen MR) is 83.1 cm³/mol. The third kappa shape index (κ3) is 2.72. The van der Waals surface area contributed by atoms with Crippen molar-refractivity contribution in [1.82, 2.24) is 0 Å². The Bertz CT molecular complexity index is 684. The molecule has 0 aliphatic carbocycles. The van der Waals surface area contributed by atoms with Crippen LogP contribution in [0.3, 0.4) is 0 Å². The monoisotopic (exact) mass is 260 g/mol. The van der Waals surface area contributed by atoms with Crippen LogP contribution >= 0.6 is 0 Å². The molecule has 20 heavy (non-hydrogen) atoms. The molecule has 0 saturated carbocycles. The zero-order chi connectivity index (χ0) is 13.8. The molecule has 3 rings (SSSR count). The second kappa shape index (κ2) is 5.62. The lowest BCUT2D eigenvalue weighted by Crippen LogP contribution is -1.85. The number of hydrogen-bond donors (Lipinski definition) is 0. The summed E-state index contributed by atoms with van der Waals surface area (Å²) in [4.78, 5) is 0. The van der Waals surface area contributed by atoms with Crippen molar-refractivity contribution >= 4 is 0 Å². The quantitative estimate of drug-likeness (QED) is 0.608. The summed E-state index contributed by atoms with van der Waals surface area (Å²) in [6, 6.07) is 26.4. The lowest BCUT2D eigenvalue weighted by Gasteiger charge is -2.08. The average Bonchev–Trinajstić information content (AvgIpc) is 2.50. The number of ether oxygens (including phenoxy) is 1. The van der Waals surface area contributed by atoms with Gasteiger partial charge in [-0.2, -0.15) is 0 Å². The first-order chi connectivity index (χ1) is 9.83. The highest BCUT2D eigenvalue weighted by Gasteiger charge is 2.02. The number of para-hydroxylation sites is 1.